The van der Waals surface area contributed by atoms with E-state index in [9.17, 15) is 4.79 Å². The number of hydrogen-bond acceptors (Lipinski definition) is 5. The van der Waals surface area contributed by atoms with Crippen molar-refractivity contribution in [3.05, 3.63) is 24.7 Å². The van der Waals surface area contributed by atoms with E-state index in [1.165, 1.54) is 6.33 Å². The smallest absolute Gasteiger partial charge is 0.410 e. The Bertz CT molecular complexity index is 482. The normalized spacial score (nSPS) is 15.3. The Balaban J connectivity index is 1.97. The second kappa shape index (κ2) is 6.36. The van der Waals surface area contributed by atoms with Gasteiger partial charge in [-0.1, -0.05) is 12.7 Å². The molecule has 1 aliphatic heterocycles. The van der Waals surface area contributed by atoms with Gasteiger partial charge in [0.2, 0.25) is 0 Å². The molecule has 20 heavy (non-hydrogen) atoms. The molecule has 2 heterocycles. The molecule has 6 nitrogen and oxygen atoms in total. The molecule has 6 heteroatoms. The third kappa shape index (κ3) is 3.26. The number of piperazine rings is 1. The van der Waals surface area contributed by atoms with Gasteiger partial charge in [0.15, 0.2) is 0 Å². The molecule has 1 saturated heterocycles. The van der Waals surface area contributed by atoms with E-state index in [1.54, 1.807) is 17.2 Å². The number of ether oxygens (including phenoxy) is 1. The minimum atomic E-state index is -0.244. The summed E-state index contributed by atoms with van der Waals surface area (Å²) in [5.41, 5.74) is 0.908. The molecule has 0 N–H and O–H groups in total. The number of nitrogens with zero attached hydrogens (tertiary/aromatic N) is 4. The zero-order valence-corrected chi connectivity index (χ0v) is 12.0. The lowest BCUT2D eigenvalue weighted by atomic mass is 10.2. The Morgan fingerprint density at radius 1 is 1.40 bits per heavy atom. The van der Waals surface area contributed by atoms with Crippen LogP contribution in [-0.4, -0.2) is 53.2 Å². The van der Waals surface area contributed by atoms with Gasteiger partial charge in [-0.05, 0) is 13.8 Å². The fourth-order valence-corrected chi connectivity index (χ4v) is 2.12. The number of carbonyl (C=O) groups excluding carboxylic acids is 1. The van der Waals surface area contributed by atoms with Gasteiger partial charge in [-0.25, -0.2) is 14.8 Å². The van der Waals surface area contributed by atoms with Crippen LogP contribution in [-0.2, 0) is 4.74 Å². The number of hydrogen-bond donors (Lipinski definition) is 0. The van der Waals surface area contributed by atoms with Crippen LogP contribution in [0.4, 0.5) is 10.6 Å². The van der Waals surface area contributed by atoms with E-state index in [4.69, 9.17) is 4.74 Å². The highest BCUT2D eigenvalue weighted by molar-refractivity contribution is 5.68. The monoisotopic (exact) mass is 276 g/mol. The second-order valence-electron chi connectivity index (χ2n) is 4.91. The molecule has 0 saturated carbocycles. The summed E-state index contributed by atoms with van der Waals surface area (Å²) in [6.07, 6.45) is 4.69. The molecule has 0 unspecified atom stereocenters. The highest BCUT2D eigenvalue weighted by Gasteiger charge is 2.24. The standard InChI is InChI=1S/C14H20N4O2/c1-4-12-9-15-10-16-13(12)17-5-7-18(8-6-17)14(19)20-11(2)3/h4,9-11H,1,5-8H2,2-3H3. The Morgan fingerprint density at radius 2 is 2.10 bits per heavy atom. The first kappa shape index (κ1) is 14.3. The zero-order chi connectivity index (χ0) is 14.5. The third-order valence-corrected chi connectivity index (χ3v) is 3.11. The number of anilines is 1. The molecule has 0 bridgehead atoms. The molecule has 108 valence electrons. The molecular formula is C14H20N4O2. The lowest BCUT2D eigenvalue weighted by Crippen LogP contribution is -2.49. The minimum absolute atomic E-state index is 0.0882. The first-order chi connectivity index (χ1) is 9.61. The van der Waals surface area contributed by atoms with E-state index >= 15 is 0 Å². The third-order valence-electron chi connectivity index (χ3n) is 3.11. The maximum Gasteiger partial charge on any atom is 0.410 e. The number of aromatic nitrogens is 2. The summed E-state index contributed by atoms with van der Waals surface area (Å²) in [6, 6.07) is 0. The highest BCUT2D eigenvalue weighted by atomic mass is 16.6. The van der Waals surface area contributed by atoms with Gasteiger partial charge in [-0.15, -0.1) is 0 Å². The number of amides is 1. The summed E-state index contributed by atoms with van der Waals surface area (Å²) in [6.45, 7) is 10.2. The van der Waals surface area contributed by atoms with Crippen LogP contribution >= 0.6 is 0 Å². The van der Waals surface area contributed by atoms with Crippen LogP contribution in [0.2, 0.25) is 0 Å². The van der Waals surface area contributed by atoms with Gasteiger partial charge >= 0.3 is 6.09 Å². The molecule has 0 radical (unpaired) electrons. The lowest BCUT2D eigenvalue weighted by molar-refractivity contribution is 0.0751. The molecule has 0 atom stereocenters. The summed E-state index contributed by atoms with van der Waals surface area (Å²) in [7, 11) is 0. The van der Waals surface area contributed by atoms with Gasteiger partial charge in [0.25, 0.3) is 0 Å². The number of rotatable bonds is 3. The van der Waals surface area contributed by atoms with Gasteiger partial charge in [-0.2, -0.15) is 0 Å². The van der Waals surface area contributed by atoms with E-state index in [1.807, 2.05) is 13.8 Å². The fraction of sp³-hybridized carbons (Fsp3) is 0.500. The van der Waals surface area contributed by atoms with Crippen LogP contribution in [0.5, 0.6) is 0 Å². The van der Waals surface area contributed by atoms with Crippen molar-refractivity contribution < 1.29 is 9.53 Å². The van der Waals surface area contributed by atoms with E-state index in [2.05, 4.69) is 21.4 Å². The summed E-state index contributed by atoms with van der Waals surface area (Å²) in [5, 5.41) is 0. The van der Waals surface area contributed by atoms with Crippen LogP contribution in [0.15, 0.2) is 19.1 Å². The minimum Gasteiger partial charge on any atom is -0.447 e. The molecule has 1 amide bonds. The SMILES string of the molecule is C=Cc1cncnc1N1CCN(C(=O)OC(C)C)CC1. The predicted octanol–water partition coefficient (Wildman–Crippen LogP) is 1.79. The Hall–Kier alpha value is -2.11. The largest absolute Gasteiger partial charge is 0.447 e. The van der Waals surface area contributed by atoms with Crippen LogP contribution in [0.3, 0.4) is 0 Å². The van der Waals surface area contributed by atoms with Crippen molar-refractivity contribution >= 4 is 18.0 Å². The van der Waals surface area contributed by atoms with Gasteiger partial charge in [0.1, 0.15) is 12.1 Å². The quantitative estimate of drug-likeness (QED) is 0.842. The Labute approximate surface area is 119 Å². The van der Waals surface area contributed by atoms with Crippen molar-refractivity contribution in [1.29, 1.82) is 0 Å². The van der Waals surface area contributed by atoms with Crippen molar-refractivity contribution in [3.63, 3.8) is 0 Å². The molecule has 0 spiro atoms. The van der Waals surface area contributed by atoms with Gasteiger partial charge in [-0.3, -0.25) is 0 Å². The predicted molar refractivity (Wildman–Crippen MR) is 77.5 cm³/mol. The molecule has 1 fully saturated rings. The average molecular weight is 276 g/mol. The van der Waals surface area contributed by atoms with Crippen LogP contribution in [0.1, 0.15) is 19.4 Å². The first-order valence-corrected chi connectivity index (χ1v) is 6.74. The van der Waals surface area contributed by atoms with Crippen LogP contribution in [0, 0.1) is 0 Å². The molecule has 1 aromatic rings. The molecule has 0 aliphatic carbocycles. The maximum absolute atomic E-state index is 11.8. The van der Waals surface area contributed by atoms with Crippen molar-refractivity contribution in [2.75, 3.05) is 31.1 Å². The van der Waals surface area contributed by atoms with Gasteiger partial charge in [0, 0.05) is 37.9 Å². The van der Waals surface area contributed by atoms with Gasteiger partial charge in [0.05, 0.1) is 6.10 Å². The molecule has 0 aromatic carbocycles. The summed E-state index contributed by atoms with van der Waals surface area (Å²) in [4.78, 5) is 24.0. The summed E-state index contributed by atoms with van der Waals surface area (Å²) < 4.78 is 5.20. The Morgan fingerprint density at radius 3 is 2.70 bits per heavy atom. The molecular weight excluding hydrogens is 256 g/mol. The van der Waals surface area contributed by atoms with E-state index in [-0.39, 0.29) is 12.2 Å². The van der Waals surface area contributed by atoms with Crippen molar-refractivity contribution in [2.45, 2.75) is 20.0 Å². The van der Waals surface area contributed by atoms with Crippen LogP contribution in [0.25, 0.3) is 6.08 Å². The number of carbonyl (C=O) groups is 1. The molecule has 1 aromatic heterocycles. The van der Waals surface area contributed by atoms with Crippen molar-refractivity contribution in [2.24, 2.45) is 0 Å². The van der Waals surface area contributed by atoms with Crippen molar-refractivity contribution in [3.8, 4) is 0 Å². The summed E-state index contributed by atoms with van der Waals surface area (Å²) >= 11 is 0. The van der Waals surface area contributed by atoms with Crippen LogP contribution < -0.4 is 4.90 Å². The van der Waals surface area contributed by atoms with Crippen molar-refractivity contribution in [1.82, 2.24) is 14.9 Å². The first-order valence-electron chi connectivity index (χ1n) is 6.74. The van der Waals surface area contributed by atoms with E-state index < -0.39 is 0 Å². The zero-order valence-electron chi connectivity index (χ0n) is 12.0. The van der Waals surface area contributed by atoms with Gasteiger partial charge < -0.3 is 14.5 Å². The molecule has 2 rings (SSSR count). The Kier molecular flexibility index (Phi) is 4.55. The summed E-state index contributed by atoms with van der Waals surface area (Å²) in [5.74, 6) is 0.867. The topological polar surface area (TPSA) is 58.6 Å². The van der Waals surface area contributed by atoms with E-state index in [0.717, 1.165) is 24.5 Å². The average Bonchev–Trinajstić information content (AvgIpc) is 2.46. The fourth-order valence-electron chi connectivity index (χ4n) is 2.12. The second-order valence-corrected chi connectivity index (χ2v) is 4.91. The van der Waals surface area contributed by atoms with E-state index in [0.29, 0.717) is 13.1 Å². The highest BCUT2D eigenvalue weighted by Crippen LogP contribution is 2.19. The lowest BCUT2D eigenvalue weighted by Gasteiger charge is -2.35. The molecule has 1 aliphatic rings. The maximum atomic E-state index is 11.8.